The molecule has 0 bridgehead atoms. The van der Waals surface area contributed by atoms with E-state index in [9.17, 15) is 4.79 Å². The second-order valence-electron chi connectivity index (χ2n) is 8.59. The Morgan fingerprint density at radius 1 is 0.973 bits per heavy atom. The number of benzene rings is 3. The summed E-state index contributed by atoms with van der Waals surface area (Å²) in [6, 6.07) is 27.9. The van der Waals surface area contributed by atoms with Gasteiger partial charge in [-0.15, -0.1) is 0 Å². The molecule has 1 atom stereocenters. The van der Waals surface area contributed by atoms with Crippen LogP contribution in [0.5, 0.6) is 0 Å². The first-order valence-electron chi connectivity index (χ1n) is 11.9. The van der Waals surface area contributed by atoms with E-state index in [-0.39, 0.29) is 6.04 Å². The van der Waals surface area contributed by atoms with Crippen LogP contribution in [0.3, 0.4) is 0 Å². The molecule has 0 saturated heterocycles. The molecule has 2 heterocycles. The molecule has 0 spiro atoms. The van der Waals surface area contributed by atoms with E-state index in [4.69, 9.17) is 5.11 Å². The molecule has 37 heavy (non-hydrogen) atoms. The lowest BCUT2D eigenvalue weighted by Gasteiger charge is -2.15. The number of carbonyl (C=O) groups is 1. The number of anilines is 1. The summed E-state index contributed by atoms with van der Waals surface area (Å²) in [5.41, 5.74) is 6.51. The molecule has 0 aliphatic rings. The van der Waals surface area contributed by atoms with Crippen molar-refractivity contribution in [3.8, 4) is 11.3 Å². The van der Waals surface area contributed by atoms with E-state index in [2.05, 4.69) is 50.4 Å². The van der Waals surface area contributed by atoms with Gasteiger partial charge < -0.3 is 15.4 Å². The average molecular weight is 488 g/mol. The van der Waals surface area contributed by atoms with Gasteiger partial charge in [-0.1, -0.05) is 66.7 Å². The maximum absolute atomic E-state index is 10.6. The van der Waals surface area contributed by atoms with Crippen LogP contribution in [0.4, 0.5) is 11.5 Å². The van der Waals surface area contributed by atoms with Gasteiger partial charge in [0, 0.05) is 24.0 Å². The van der Waals surface area contributed by atoms with Crippen LogP contribution in [0.2, 0.25) is 0 Å². The first-order valence-corrected chi connectivity index (χ1v) is 11.9. The van der Waals surface area contributed by atoms with Gasteiger partial charge in [0.1, 0.15) is 17.8 Å². The predicted molar refractivity (Wildman–Crippen MR) is 148 cm³/mol. The Hall–Kier alpha value is -5.04. The van der Waals surface area contributed by atoms with Crippen molar-refractivity contribution >= 4 is 40.8 Å². The molecule has 5 aromatic rings. The monoisotopic (exact) mass is 487 g/mol. The van der Waals surface area contributed by atoms with Gasteiger partial charge in [-0.2, -0.15) is 0 Å². The van der Waals surface area contributed by atoms with Crippen molar-refractivity contribution in [2.45, 2.75) is 13.0 Å². The predicted octanol–water partition coefficient (Wildman–Crippen LogP) is 6.65. The number of aromatic amines is 1. The summed E-state index contributed by atoms with van der Waals surface area (Å²) >= 11 is 0. The fourth-order valence-electron chi connectivity index (χ4n) is 3.98. The highest BCUT2D eigenvalue weighted by atomic mass is 16.4. The molecule has 7 nitrogen and oxygen atoms in total. The molecule has 5 rings (SSSR count). The molecular formula is C30H25N5O2. The minimum atomic E-state index is -0.968. The van der Waals surface area contributed by atoms with E-state index in [1.807, 2.05) is 66.7 Å². The zero-order valence-electron chi connectivity index (χ0n) is 20.2. The molecule has 3 N–H and O–H groups in total. The van der Waals surface area contributed by atoms with Gasteiger partial charge in [0.25, 0.3) is 0 Å². The Morgan fingerprint density at radius 3 is 2.43 bits per heavy atom. The summed E-state index contributed by atoms with van der Waals surface area (Å²) in [6.07, 6.45) is 6.02. The van der Waals surface area contributed by atoms with Gasteiger partial charge >= 0.3 is 5.97 Å². The maximum Gasteiger partial charge on any atom is 0.328 e. The number of hydrogen-bond acceptors (Lipinski definition) is 5. The number of aromatic nitrogens is 3. The highest BCUT2D eigenvalue weighted by molar-refractivity contribution is 5.92. The quantitative estimate of drug-likeness (QED) is 0.168. The number of aliphatic carboxylic acids is 1. The van der Waals surface area contributed by atoms with Crippen LogP contribution in [0.25, 0.3) is 28.4 Å². The third kappa shape index (κ3) is 5.79. The Kier molecular flexibility index (Phi) is 6.85. The molecule has 3 aromatic carbocycles. The van der Waals surface area contributed by atoms with Crippen LogP contribution < -0.4 is 5.32 Å². The number of carboxylic acids is 1. The Balaban J connectivity index is 1.30. The van der Waals surface area contributed by atoms with E-state index in [1.165, 1.54) is 5.56 Å². The van der Waals surface area contributed by atoms with Gasteiger partial charge in [-0.3, -0.25) is 4.99 Å². The third-order valence-corrected chi connectivity index (χ3v) is 5.97. The Labute approximate surface area is 214 Å². The summed E-state index contributed by atoms with van der Waals surface area (Å²) in [5, 5.41) is 13.2. The number of nitrogens with one attached hydrogen (secondary N) is 2. The van der Waals surface area contributed by atoms with E-state index in [0.717, 1.165) is 51.0 Å². The summed E-state index contributed by atoms with van der Waals surface area (Å²) in [7, 11) is 0. The van der Waals surface area contributed by atoms with Crippen molar-refractivity contribution in [2.75, 3.05) is 5.32 Å². The second-order valence-corrected chi connectivity index (χ2v) is 8.59. The summed E-state index contributed by atoms with van der Waals surface area (Å²) in [4.78, 5) is 27.5. The number of H-pyrrole nitrogens is 1. The number of rotatable bonds is 8. The first kappa shape index (κ1) is 23.7. The Morgan fingerprint density at radius 2 is 1.70 bits per heavy atom. The van der Waals surface area contributed by atoms with Crippen molar-refractivity contribution < 1.29 is 9.90 Å². The Bertz CT molecular complexity index is 1570. The van der Waals surface area contributed by atoms with E-state index in [0.29, 0.717) is 0 Å². The zero-order chi connectivity index (χ0) is 25.6. The van der Waals surface area contributed by atoms with Crippen molar-refractivity contribution in [3.05, 3.63) is 114 Å². The van der Waals surface area contributed by atoms with Gasteiger partial charge in [0.15, 0.2) is 0 Å². The number of hydrogen-bond donors (Lipinski definition) is 3. The minimum Gasteiger partial charge on any atom is -0.478 e. The third-order valence-electron chi connectivity index (χ3n) is 5.97. The van der Waals surface area contributed by atoms with Crippen LogP contribution in [0, 0.1) is 0 Å². The molecule has 7 heteroatoms. The minimum absolute atomic E-state index is 0.104. The lowest BCUT2D eigenvalue weighted by atomic mass is 10.1. The van der Waals surface area contributed by atoms with E-state index >= 15 is 0 Å². The molecule has 0 aliphatic carbocycles. The van der Waals surface area contributed by atoms with Crippen LogP contribution >= 0.6 is 0 Å². The van der Waals surface area contributed by atoms with Crippen LogP contribution in [0.1, 0.15) is 29.7 Å². The molecule has 0 saturated carbocycles. The van der Waals surface area contributed by atoms with Gasteiger partial charge in [-0.05, 0) is 53.5 Å². The van der Waals surface area contributed by atoms with Crippen molar-refractivity contribution in [1.29, 1.82) is 0 Å². The van der Waals surface area contributed by atoms with Crippen molar-refractivity contribution in [1.82, 2.24) is 15.0 Å². The zero-order valence-corrected chi connectivity index (χ0v) is 20.2. The van der Waals surface area contributed by atoms with Gasteiger partial charge in [0.2, 0.25) is 0 Å². The van der Waals surface area contributed by atoms with E-state index in [1.54, 1.807) is 18.6 Å². The van der Waals surface area contributed by atoms with Crippen molar-refractivity contribution in [3.63, 3.8) is 0 Å². The van der Waals surface area contributed by atoms with Gasteiger partial charge in [0.05, 0.1) is 11.1 Å². The van der Waals surface area contributed by atoms with Crippen LogP contribution in [0.15, 0.2) is 102 Å². The fraction of sp³-hybridized carbons (Fsp3) is 0.0667. The summed E-state index contributed by atoms with van der Waals surface area (Å²) < 4.78 is 0. The summed E-state index contributed by atoms with van der Waals surface area (Å²) in [6.45, 7) is 2.11. The lowest BCUT2D eigenvalue weighted by Crippen LogP contribution is -2.08. The number of fused-ring (bicyclic) bond motifs is 1. The first-order chi connectivity index (χ1) is 18.0. The maximum atomic E-state index is 10.6. The molecule has 0 radical (unpaired) electrons. The largest absolute Gasteiger partial charge is 0.478 e. The molecule has 0 fully saturated rings. The van der Waals surface area contributed by atoms with Crippen molar-refractivity contribution in [2.24, 2.45) is 4.99 Å². The molecule has 2 aromatic heterocycles. The number of nitrogens with zero attached hydrogens (tertiary/aromatic N) is 3. The lowest BCUT2D eigenvalue weighted by molar-refractivity contribution is -0.131. The van der Waals surface area contributed by atoms with Crippen LogP contribution in [-0.4, -0.2) is 32.2 Å². The standard InChI is InChI=1S/C30H25N5O2/c1-20(23-5-3-2-4-6-23)34-29-26-17-27(35-30(26)33-19-32-29)24-12-14-25(15-13-24)31-18-22-9-7-21(8-10-22)11-16-28(36)37/h2-20H,1H3,(H,36,37)(H2,32,33,34,35)/b16-11+,31-18+/t20-/m1/s1. The highest BCUT2D eigenvalue weighted by Crippen LogP contribution is 2.29. The molecule has 0 amide bonds. The summed E-state index contributed by atoms with van der Waals surface area (Å²) in [5.74, 6) is -0.182. The molecular weight excluding hydrogens is 462 g/mol. The normalized spacial score (nSPS) is 12.4. The SMILES string of the molecule is C[C@@H](Nc1ncnc2[nH]c(-c3ccc(/N=C/c4ccc(/C=C/C(=O)O)cc4)cc3)cc12)c1ccccc1. The highest BCUT2D eigenvalue weighted by Gasteiger charge is 2.12. The van der Waals surface area contributed by atoms with Gasteiger partial charge in [-0.25, -0.2) is 14.8 Å². The molecule has 182 valence electrons. The molecule has 0 aliphatic heterocycles. The number of carboxylic acid groups (broad SMARTS) is 1. The second kappa shape index (κ2) is 10.7. The van der Waals surface area contributed by atoms with E-state index < -0.39 is 5.97 Å². The van der Waals surface area contributed by atoms with Crippen LogP contribution in [-0.2, 0) is 4.79 Å². The average Bonchev–Trinajstić information content (AvgIpc) is 3.37. The molecule has 0 unspecified atom stereocenters. The fourth-order valence-corrected chi connectivity index (χ4v) is 3.98. The number of aliphatic imine (C=N–C) groups is 1. The topological polar surface area (TPSA) is 103 Å². The smallest absolute Gasteiger partial charge is 0.328 e.